The van der Waals surface area contributed by atoms with Gasteiger partial charge >= 0.3 is 0 Å². The first-order valence-corrected chi connectivity index (χ1v) is 11.4. The molecule has 0 spiro atoms. The molecular weight excluding hydrogens is 442 g/mol. The van der Waals surface area contributed by atoms with Gasteiger partial charge in [-0.1, -0.05) is 36.4 Å². The van der Waals surface area contributed by atoms with Gasteiger partial charge in [0.15, 0.2) is 0 Å². The highest BCUT2D eigenvalue weighted by Gasteiger charge is 2.39. The smallest absolute Gasteiger partial charge is 0.261 e. The summed E-state index contributed by atoms with van der Waals surface area (Å²) < 4.78 is 5.69. The normalized spacial score (nSPS) is 18.8. The molecular formula is C27H19N5O3. The highest BCUT2D eigenvalue weighted by molar-refractivity contribution is 6.48. The summed E-state index contributed by atoms with van der Waals surface area (Å²) in [5.74, 6) is 0.00213. The Morgan fingerprint density at radius 2 is 1.89 bits per heavy atom. The van der Waals surface area contributed by atoms with Crippen LogP contribution in [0.3, 0.4) is 0 Å². The number of imidazole rings is 1. The Morgan fingerprint density at radius 1 is 1.03 bits per heavy atom. The lowest BCUT2D eigenvalue weighted by Gasteiger charge is -2.23. The number of nitrogens with one attached hydrogen (secondary N) is 2. The molecule has 0 fully saturated rings. The minimum atomic E-state index is -0.461. The van der Waals surface area contributed by atoms with Crippen LogP contribution < -0.4 is 10.2 Å². The third-order valence-electron chi connectivity index (χ3n) is 6.81. The third-order valence-corrected chi connectivity index (χ3v) is 6.81. The number of carbonyl (C=O) groups excluding carboxylic acids is 2. The SMILES string of the molecule is O=C1NC(=O)C(c2cccc3ccoc23)=C1C1=NC=CN2c3c(cccc31)CC2Cc1ncc[nH]1. The summed E-state index contributed by atoms with van der Waals surface area (Å²) in [4.78, 5) is 40.7. The zero-order valence-electron chi connectivity index (χ0n) is 18.5. The van der Waals surface area contributed by atoms with Gasteiger partial charge in [0.05, 0.1) is 28.8 Å². The lowest BCUT2D eigenvalue weighted by molar-refractivity contribution is -0.123. The Morgan fingerprint density at radius 3 is 2.77 bits per heavy atom. The zero-order valence-corrected chi connectivity index (χ0v) is 18.5. The number of aromatic amines is 1. The molecule has 170 valence electrons. The van der Waals surface area contributed by atoms with Crippen LogP contribution in [0.15, 0.2) is 88.5 Å². The first-order valence-electron chi connectivity index (χ1n) is 11.4. The number of hydrogen-bond acceptors (Lipinski definition) is 6. The number of carbonyl (C=O) groups is 2. The second-order valence-electron chi connectivity index (χ2n) is 8.77. The molecule has 1 unspecified atom stereocenters. The predicted molar refractivity (Wildman–Crippen MR) is 131 cm³/mol. The van der Waals surface area contributed by atoms with Gasteiger partial charge in [0, 0.05) is 53.8 Å². The molecule has 2 amide bonds. The van der Waals surface area contributed by atoms with Crippen molar-refractivity contribution in [1.29, 1.82) is 0 Å². The minimum absolute atomic E-state index is 0.160. The van der Waals surface area contributed by atoms with Crippen LogP contribution in [0.2, 0.25) is 0 Å². The van der Waals surface area contributed by atoms with E-state index in [9.17, 15) is 9.59 Å². The van der Waals surface area contributed by atoms with Gasteiger partial charge in [-0.2, -0.15) is 0 Å². The summed E-state index contributed by atoms with van der Waals surface area (Å²) in [5, 5.41) is 3.33. The van der Waals surface area contributed by atoms with Crippen molar-refractivity contribution in [2.75, 3.05) is 4.90 Å². The summed E-state index contributed by atoms with van der Waals surface area (Å²) in [6.07, 6.45) is 10.4. The number of rotatable bonds is 4. The molecule has 4 aromatic rings. The number of aromatic nitrogens is 2. The monoisotopic (exact) mass is 461 g/mol. The molecule has 0 aliphatic carbocycles. The molecule has 2 aromatic carbocycles. The van der Waals surface area contributed by atoms with Gasteiger partial charge < -0.3 is 14.3 Å². The molecule has 2 N–H and O–H groups in total. The molecule has 0 saturated heterocycles. The van der Waals surface area contributed by atoms with Crippen molar-refractivity contribution in [3.8, 4) is 0 Å². The first-order chi connectivity index (χ1) is 17.2. The van der Waals surface area contributed by atoms with E-state index in [1.165, 1.54) is 5.56 Å². The topological polar surface area (TPSA) is 104 Å². The Kier molecular flexibility index (Phi) is 4.17. The molecule has 0 radical (unpaired) electrons. The van der Waals surface area contributed by atoms with E-state index in [-0.39, 0.29) is 17.2 Å². The lowest BCUT2D eigenvalue weighted by Crippen LogP contribution is -2.30. The minimum Gasteiger partial charge on any atom is -0.464 e. The average Bonchev–Trinajstić information content (AvgIpc) is 3.62. The van der Waals surface area contributed by atoms with E-state index in [1.54, 1.807) is 24.7 Å². The van der Waals surface area contributed by atoms with Crippen molar-refractivity contribution in [2.45, 2.75) is 18.9 Å². The van der Waals surface area contributed by atoms with E-state index in [0.717, 1.165) is 35.3 Å². The van der Waals surface area contributed by atoms with Crippen molar-refractivity contribution in [1.82, 2.24) is 15.3 Å². The number of para-hydroxylation sites is 2. The lowest BCUT2D eigenvalue weighted by atomic mass is 9.92. The van der Waals surface area contributed by atoms with Crippen molar-refractivity contribution in [3.05, 3.63) is 102 Å². The number of aliphatic imine (C=N–C) groups is 1. The van der Waals surface area contributed by atoms with Gasteiger partial charge in [0.1, 0.15) is 11.4 Å². The van der Waals surface area contributed by atoms with Gasteiger partial charge in [0.2, 0.25) is 0 Å². The van der Waals surface area contributed by atoms with Crippen molar-refractivity contribution >= 4 is 39.8 Å². The van der Waals surface area contributed by atoms with Crippen molar-refractivity contribution in [2.24, 2.45) is 4.99 Å². The number of benzene rings is 2. The third kappa shape index (κ3) is 2.93. The van der Waals surface area contributed by atoms with Crippen LogP contribution in [0.5, 0.6) is 0 Å². The summed E-state index contributed by atoms with van der Waals surface area (Å²) in [6.45, 7) is 0. The molecule has 1 atom stereocenters. The molecule has 35 heavy (non-hydrogen) atoms. The Labute approximate surface area is 199 Å². The molecule has 8 nitrogen and oxygen atoms in total. The fourth-order valence-corrected chi connectivity index (χ4v) is 5.36. The fourth-order valence-electron chi connectivity index (χ4n) is 5.36. The van der Waals surface area contributed by atoms with E-state index in [1.807, 2.05) is 42.7 Å². The average molecular weight is 461 g/mol. The van der Waals surface area contributed by atoms with Crippen LogP contribution in [0.4, 0.5) is 5.69 Å². The molecule has 0 bridgehead atoms. The second-order valence-corrected chi connectivity index (χ2v) is 8.77. The van der Waals surface area contributed by atoms with E-state index in [0.29, 0.717) is 16.9 Å². The maximum Gasteiger partial charge on any atom is 0.261 e. The summed E-state index contributed by atoms with van der Waals surface area (Å²) >= 11 is 0. The number of H-pyrrole nitrogens is 1. The molecule has 3 aliphatic heterocycles. The summed E-state index contributed by atoms with van der Waals surface area (Å²) in [6, 6.07) is 13.6. The molecule has 7 rings (SSSR count). The standard InChI is InChI=1S/C27H19N5O3/c33-26-21(18-5-1-3-15-7-12-35-25(15)18)22(27(34)31-26)23-19-6-2-4-16-13-17(14-20-28-8-9-29-20)32(24(16)19)11-10-30-23/h1-12,17H,13-14H2,(H,28,29)(H,31,33,34). The Bertz CT molecular complexity index is 1620. The summed E-state index contributed by atoms with van der Waals surface area (Å²) in [7, 11) is 0. The van der Waals surface area contributed by atoms with Crippen LogP contribution in [0, 0.1) is 0 Å². The van der Waals surface area contributed by atoms with Crippen LogP contribution in [-0.2, 0) is 22.4 Å². The van der Waals surface area contributed by atoms with Gasteiger partial charge in [-0.3, -0.25) is 19.9 Å². The Balaban J connectivity index is 1.40. The van der Waals surface area contributed by atoms with Gasteiger partial charge in [-0.05, 0) is 18.1 Å². The first kappa shape index (κ1) is 19.7. The van der Waals surface area contributed by atoms with Crippen LogP contribution in [-0.4, -0.2) is 33.5 Å². The van der Waals surface area contributed by atoms with Crippen molar-refractivity contribution < 1.29 is 14.0 Å². The van der Waals surface area contributed by atoms with Gasteiger partial charge in [-0.25, -0.2) is 4.98 Å². The van der Waals surface area contributed by atoms with Crippen molar-refractivity contribution in [3.63, 3.8) is 0 Å². The Hall–Kier alpha value is -4.72. The fraction of sp³-hybridized carbons (Fsp3) is 0.111. The molecule has 3 aliphatic rings. The largest absolute Gasteiger partial charge is 0.464 e. The summed E-state index contributed by atoms with van der Waals surface area (Å²) in [5.41, 5.74) is 5.13. The predicted octanol–water partition coefficient (Wildman–Crippen LogP) is 3.51. The maximum absolute atomic E-state index is 13.2. The maximum atomic E-state index is 13.2. The van der Waals surface area contributed by atoms with E-state index < -0.39 is 11.8 Å². The zero-order chi connectivity index (χ0) is 23.5. The quantitative estimate of drug-likeness (QED) is 0.453. The van der Waals surface area contributed by atoms with Crippen LogP contribution in [0.25, 0.3) is 16.5 Å². The molecule has 8 heteroatoms. The van der Waals surface area contributed by atoms with Gasteiger partial charge in [-0.15, -0.1) is 0 Å². The van der Waals surface area contributed by atoms with E-state index in [4.69, 9.17) is 9.41 Å². The number of hydrogen-bond donors (Lipinski definition) is 2. The van der Waals surface area contributed by atoms with E-state index in [2.05, 4.69) is 26.3 Å². The number of nitrogens with zero attached hydrogens (tertiary/aromatic N) is 3. The molecule has 2 aromatic heterocycles. The number of fused-ring (bicyclic) bond motifs is 1. The van der Waals surface area contributed by atoms with E-state index >= 15 is 0 Å². The molecule has 0 saturated carbocycles. The molecule has 5 heterocycles. The number of furan rings is 1. The van der Waals surface area contributed by atoms with Crippen LogP contribution >= 0.6 is 0 Å². The van der Waals surface area contributed by atoms with Crippen LogP contribution in [0.1, 0.15) is 22.5 Å². The number of amides is 2. The highest BCUT2D eigenvalue weighted by atomic mass is 16.3. The number of anilines is 1. The highest BCUT2D eigenvalue weighted by Crippen LogP contribution is 2.41. The second kappa shape index (κ2) is 7.39. The van der Waals surface area contributed by atoms with Gasteiger partial charge in [0.25, 0.3) is 11.8 Å². The number of imide groups is 1.